The number of nitrogens with two attached hydrogens (primary N) is 3. The summed E-state index contributed by atoms with van der Waals surface area (Å²) in [7, 11) is 0. The van der Waals surface area contributed by atoms with Gasteiger partial charge in [-0.1, -0.05) is 20.3 Å². The zero-order valence-corrected chi connectivity index (χ0v) is 44.6. The summed E-state index contributed by atoms with van der Waals surface area (Å²) in [5.41, 5.74) is 17.3. The van der Waals surface area contributed by atoms with Gasteiger partial charge in [0.25, 0.3) is 0 Å². The van der Waals surface area contributed by atoms with Gasteiger partial charge < -0.3 is 72.6 Å². The number of nitrogens with one attached hydrogen (secondary N) is 4. The summed E-state index contributed by atoms with van der Waals surface area (Å²) in [5, 5.41) is 18.3. The van der Waals surface area contributed by atoms with E-state index in [4.69, 9.17) is 17.2 Å². The third-order valence-electron chi connectivity index (χ3n) is 16.3. The van der Waals surface area contributed by atoms with Gasteiger partial charge in [-0.25, -0.2) is 9.78 Å². The van der Waals surface area contributed by atoms with Gasteiger partial charge in [-0.3, -0.25) is 48.1 Å². The number of aliphatic imine (C=N–C) groups is 1. The number of hydrogen-bond donors (Lipinski definition) is 8. The average molecular weight is 1080 g/mol. The summed E-state index contributed by atoms with van der Waals surface area (Å²) in [6.45, 7) is 6.87. The van der Waals surface area contributed by atoms with Crippen molar-refractivity contribution in [3.63, 3.8) is 0 Å². The molecule has 7 rings (SSSR count). The highest BCUT2D eigenvalue weighted by molar-refractivity contribution is 5.99. The molecule has 11 N–H and O–H groups in total. The van der Waals surface area contributed by atoms with Crippen LogP contribution in [-0.4, -0.2) is 216 Å². The van der Waals surface area contributed by atoms with Crippen LogP contribution < -0.4 is 33.2 Å². The monoisotopic (exact) mass is 1080 g/mol. The zero-order valence-electron chi connectivity index (χ0n) is 44.6. The zero-order chi connectivity index (χ0) is 55.7. The summed E-state index contributed by atoms with van der Waals surface area (Å²) in [6.07, 6.45) is 8.94. The summed E-state index contributed by atoms with van der Waals surface area (Å²) in [6, 6.07) is -9.77. The lowest BCUT2D eigenvalue weighted by molar-refractivity contribution is -0.153. The van der Waals surface area contributed by atoms with Gasteiger partial charge >= 0.3 is 5.97 Å². The number of likely N-dealkylation sites (tertiary alicyclic amines) is 6. The maximum atomic E-state index is 14.8. The number of rotatable bonds is 21. The summed E-state index contributed by atoms with van der Waals surface area (Å²) in [4.78, 5) is 159. The van der Waals surface area contributed by atoms with Gasteiger partial charge in [-0.2, -0.15) is 0 Å². The molecule has 6 aliphatic heterocycles. The van der Waals surface area contributed by atoms with Crippen LogP contribution in [0, 0.1) is 5.92 Å². The molecule has 0 bridgehead atoms. The third kappa shape index (κ3) is 13.3. The van der Waals surface area contributed by atoms with Gasteiger partial charge in [0, 0.05) is 64.1 Å². The van der Waals surface area contributed by atoms with Crippen molar-refractivity contribution in [1.29, 1.82) is 0 Å². The lowest BCUT2D eigenvalue weighted by atomic mass is 9.96. The Morgan fingerprint density at radius 1 is 0.636 bits per heavy atom. The molecule has 6 fully saturated rings. The van der Waals surface area contributed by atoms with Crippen LogP contribution in [0.1, 0.15) is 123 Å². The number of carbonyl (C=O) groups excluding carboxylic acids is 9. The molecule has 26 heteroatoms. The van der Waals surface area contributed by atoms with E-state index in [0.717, 1.165) is 0 Å². The summed E-state index contributed by atoms with van der Waals surface area (Å²) >= 11 is 0. The first kappa shape index (κ1) is 57.8. The summed E-state index contributed by atoms with van der Waals surface area (Å²) < 4.78 is 0. The van der Waals surface area contributed by atoms with Crippen LogP contribution >= 0.6 is 0 Å². The molecule has 7 heterocycles. The Morgan fingerprint density at radius 3 is 1.53 bits per heavy atom. The largest absolute Gasteiger partial charge is 0.480 e. The van der Waals surface area contributed by atoms with Crippen molar-refractivity contribution >= 4 is 65.1 Å². The predicted octanol–water partition coefficient (Wildman–Crippen LogP) is -2.12. The highest BCUT2D eigenvalue weighted by Gasteiger charge is 2.49. The molecule has 0 aromatic carbocycles. The number of H-pyrrole nitrogens is 1. The van der Waals surface area contributed by atoms with E-state index in [0.29, 0.717) is 89.2 Å². The molecule has 1 aromatic heterocycles. The minimum absolute atomic E-state index is 0.0211. The fourth-order valence-electron chi connectivity index (χ4n) is 12.0. The Labute approximate surface area is 448 Å². The van der Waals surface area contributed by atoms with Gasteiger partial charge in [-0.05, 0) is 103 Å². The molecule has 0 spiro atoms. The van der Waals surface area contributed by atoms with E-state index < -0.39 is 120 Å². The van der Waals surface area contributed by atoms with Crippen molar-refractivity contribution < 1.29 is 53.1 Å². The minimum atomic E-state index is -1.20. The van der Waals surface area contributed by atoms with Crippen molar-refractivity contribution in [2.75, 3.05) is 45.8 Å². The fraction of sp³-hybridized carbons (Fsp3) is 0.725. The van der Waals surface area contributed by atoms with Crippen molar-refractivity contribution in [2.24, 2.45) is 28.1 Å². The van der Waals surface area contributed by atoms with Crippen molar-refractivity contribution in [3.05, 3.63) is 18.2 Å². The number of hydrogen-bond acceptors (Lipinski definition) is 13. The van der Waals surface area contributed by atoms with Gasteiger partial charge in [0.1, 0.15) is 54.4 Å². The number of carbonyl (C=O) groups is 10. The number of guanidine groups is 1. The Bertz CT molecular complexity index is 2380. The molecule has 0 saturated carbocycles. The van der Waals surface area contributed by atoms with Gasteiger partial charge in [0.2, 0.25) is 53.2 Å². The Kier molecular flexibility index (Phi) is 19.5. The Hall–Kier alpha value is -6.86. The highest BCUT2D eigenvalue weighted by Crippen LogP contribution is 2.31. The number of aromatic nitrogens is 2. The molecule has 424 valence electrons. The average Bonchev–Trinajstić information content (AvgIpc) is 4.28. The van der Waals surface area contributed by atoms with E-state index in [1.807, 2.05) is 13.8 Å². The number of carboxylic acid groups (broad SMARTS) is 1. The van der Waals surface area contributed by atoms with Gasteiger partial charge in [0.05, 0.1) is 12.4 Å². The molecule has 0 radical (unpaired) electrons. The number of amides is 9. The van der Waals surface area contributed by atoms with E-state index in [-0.39, 0.29) is 77.0 Å². The van der Waals surface area contributed by atoms with Crippen molar-refractivity contribution in [2.45, 2.75) is 184 Å². The highest BCUT2D eigenvalue weighted by atomic mass is 16.4. The first-order valence-corrected chi connectivity index (χ1v) is 27.6. The van der Waals surface area contributed by atoms with E-state index in [2.05, 4.69) is 30.9 Å². The molecule has 26 nitrogen and oxygen atoms in total. The van der Waals surface area contributed by atoms with Crippen LogP contribution in [0.3, 0.4) is 0 Å². The van der Waals surface area contributed by atoms with E-state index in [9.17, 15) is 53.1 Å². The standard InChI is InChI=1S/C51H79N15O11/c1-4-29(2)40(49(75)65-24-10-17-38(65)48(74)66-25-11-18-39(66)50(76)77)60-43(69)35-14-7-21-62(35)47(73)37-16-9-23-64(37)45(71)33(26-31-27-55-28-57-31)59-42(68)34-13-6-20-61(34)46(72)36-15-8-22-63(36)44(70)32(58-41(67)30(3)52)12-5-19-56-51(53)54/h27-30,32-40H,4-26,52H2,1-3H3,(H,55,57)(H,58,67)(H,59,68)(H,60,69)(H,76,77)(H4,53,54,56)/t29-,30-,32-,33-,34-,35-,36-,37-,38-,39-,40-/m0/s1. The van der Waals surface area contributed by atoms with Gasteiger partial charge in [0.15, 0.2) is 5.96 Å². The first-order valence-electron chi connectivity index (χ1n) is 27.6. The molecular formula is C51H79N15O11. The number of imidazole rings is 1. The number of nitrogens with zero attached hydrogens (tertiary/aromatic N) is 8. The molecule has 6 saturated heterocycles. The second-order valence-electron chi connectivity index (χ2n) is 21.5. The van der Waals surface area contributed by atoms with Crippen LogP contribution in [0.25, 0.3) is 0 Å². The predicted molar refractivity (Wildman–Crippen MR) is 277 cm³/mol. The molecular weight excluding hydrogens is 999 g/mol. The molecule has 1 aromatic rings. The topological polar surface area (TPSA) is 366 Å². The van der Waals surface area contributed by atoms with E-state index in [1.54, 1.807) is 0 Å². The lowest BCUT2D eigenvalue weighted by Gasteiger charge is -2.36. The van der Waals surface area contributed by atoms with E-state index in [1.165, 1.54) is 48.8 Å². The molecule has 77 heavy (non-hydrogen) atoms. The van der Waals surface area contributed by atoms with Crippen LogP contribution in [0.2, 0.25) is 0 Å². The maximum Gasteiger partial charge on any atom is 0.326 e. The quantitative estimate of drug-likeness (QED) is 0.0371. The second-order valence-corrected chi connectivity index (χ2v) is 21.5. The number of aromatic amines is 1. The summed E-state index contributed by atoms with van der Waals surface area (Å²) in [5.74, 6) is -5.94. The first-order chi connectivity index (χ1) is 36.8. The molecule has 9 amide bonds. The second kappa shape index (κ2) is 26.0. The fourth-order valence-corrected chi connectivity index (χ4v) is 12.0. The van der Waals surface area contributed by atoms with Crippen molar-refractivity contribution in [1.82, 2.24) is 55.3 Å². The smallest absolute Gasteiger partial charge is 0.326 e. The molecule has 0 aliphatic carbocycles. The third-order valence-corrected chi connectivity index (χ3v) is 16.3. The van der Waals surface area contributed by atoms with Crippen LogP contribution in [-0.2, 0) is 54.4 Å². The number of aliphatic carboxylic acids is 1. The SMILES string of the molecule is CC[C@H](C)[C@H](NC(=O)[C@@H]1CCCN1C(=O)[C@@H]1CCCN1C(=O)[C@H](Cc1cnc[nH]1)NC(=O)[C@@H]1CCCN1C(=O)[C@@H]1CCCN1C(=O)[C@H](CCCN=C(N)N)NC(=O)[C@H](C)N)C(=O)N1CCC[C@H]1C(=O)N1CCC[C@H]1C(=O)O. The van der Waals surface area contributed by atoms with Crippen LogP contribution in [0.15, 0.2) is 17.5 Å². The Morgan fingerprint density at radius 2 is 1.08 bits per heavy atom. The lowest BCUT2D eigenvalue weighted by Crippen LogP contribution is -2.60. The van der Waals surface area contributed by atoms with Crippen molar-refractivity contribution in [3.8, 4) is 0 Å². The van der Waals surface area contributed by atoms with E-state index >= 15 is 0 Å². The van der Waals surface area contributed by atoms with Crippen LogP contribution in [0.5, 0.6) is 0 Å². The maximum absolute atomic E-state index is 14.8. The minimum Gasteiger partial charge on any atom is -0.480 e. The normalized spacial score (nSPS) is 25.2. The molecule has 6 aliphatic rings. The number of carboxylic acids is 1. The molecule has 0 unspecified atom stereocenters. The molecule has 11 atom stereocenters. The van der Waals surface area contributed by atoms with Crippen LogP contribution in [0.4, 0.5) is 0 Å². The Balaban J connectivity index is 1.02. The van der Waals surface area contributed by atoms with Gasteiger partial charge in [-0.15, -0.1) is 0 Å².